The van der Waals surface area contributed by atoms with Crippen LogP contribution in [-0.2, 0) is 18.4 Å². The minimum absolute atomic E-state index is 0.0615. The van der Waals surface area contributed by atoms with E-state index in [1.165, 1.54) is 180 Å². The highest BCUT2D eigenvalue weighted by Gasteiger charge is 2.27. The van der Waals surface area contributed by atoms with Crippen LogP contribution in [0.3, 0.4) is 0 Å². The van der Waals surface area contributed by atoms with E-state index in [2.05, 4.69) is 43.5 Å². The molecule has 0 aromatic rings. The Kier molecular flexibility index (Phi) is 44.0. The molecular formula is C53H104N2O6P+. The zero-order valence-corrected chi connectivity index (χ0v) is 42.5. The van der Waals surface area contributed by atoms with E-state index >= 15 is 0 Å². The summed E-state index contributed by atoms with van der Waals surface area (Å²) in [5.74, 6) is -0.178. The summed E-state index contributed by atoms with van der Waals surface area (Å²) in [6, 6.07) is -0.847. The SMILES string of the molecule is CCCCCCC/C=C\C/C=C\CCCCCCCCCCCCCC(=O)NC(COP(=O)(O)OCC[N+](C)(C)C)C(O)/C=C/CCCCCCCCCCCCCCCCC. The number of rotatable bonds is 48. The highest BCUT2D eigenvalue weighted by molar-refractivity contribution is 7.47. The number of carbonyl (C=O) groups is 1. The molecule has 0 aromatic heterocycles. The monoisotopic (exact) mass is 896 g/mol. The molecule has 0 aliphatic heterocycles. The van der Waals surface area contributed by atoms with Gasteiger partial charge in [-0.25, -0.2) is 4.57 Å². The van der Waals surface area contributed by atoms with Crippen LogP contribution in [0.2, 0.25) is 0 Å². The van der Waals surface area contributed by atoms with Gasteiger partial charge in [-0.15, -0.1) is 0 Å². The summed E-state index contributed by atoms with van der Waals surface area (Å²) in [7, 11) is 1.57. The molecule has 3 unspecified atom stereocenters. The summed E-state index contributed by atoms with van der Waals surface area (Å²) in [6.07, 6.45) is 56.5. The van der Waals surface area contributed by atoms with Gasteiger partial charge >= 0.3 is 7.82 Å². The molecule has 0 rings (SSSR count). The summed E-state index contributed by atoms with van der Waals surface area (Å²) in [4.78, 5) is 23.2. The smallest absolute Gasteiger partial charge is 0.387 e. The largest absolute Gasteiger partial charge is 0.472 e. The molecule has 0 aliphatic carbocycles. The molecule has 9 heteroatoms. The molecule has 8 nitrogen and oxygen atoms in total. The van der Waals surface area contributed by atoms with Crippen molar-refractivity contribution in [3.05, 3.63) is 36.5 Å². The van der Waals surface area contributed by atoms with Crippen LogP contribution < -0.4 is 5.32 Å². The molecule has 0 spiro atoms. The fraction of sp³-hybridized carbons (Fsp3) is 0.868. The Hall–Kier alpha value is -1.28. The van der Waals surface area contributed by atoms with Gasteiger partial charge in [-0.2, -0.15) is 0 Å². The predicted octanol–water partition coefficient (Wildman–Crippen LogP) is 15.4. The molecule has 62 heavy (non-hydrogen) atoms. The first-order valence-corrected chi connectivity index (χ1v) is 27.9. The number of nitrogens with one attached hydrogen (secondary N) is 1. The number of quaternary nitrogens is 1. The van der Waals surface area contributed by atoms with E-state index < -0.39 is 20.0 Å². The summed E-state index contributed by atoms with van der Waals surface area (Å²) >= 11 is 0. The Bertz CT molecular complexity index is 1110. The van der Waals surface area contributed by atoms with Crippen LogP contribution in [-0.4, -0.2) is 73.4 Å². The van der Waals surface area contributed by atoms with Crippen LogP contribution in [0, 0.1) is 0 Å². The van der Waals surface area contributed by atoms with Gasteiger partial charge in [0, 0.05) is 6.42 Å². The molecule has 3 atom stereocenters. The quantitative estimate of drug-likeness (QED) is 0.0243. The number of carbonyl (C=O) groups excluding carboxylic acids is 1. The van der Waals surface area contributed by atoms with Crippen LogP contribution >= 0.6 is 7.82 Å². The lowest BCUT2D eigenvalue weighted by Crippen LogP contribution is -2.45. The Morgan fingerprint density at radius 1 is 0.548 bits per heavy atom. The van der Waals surface area contributed by atoms with E-state index in [0.717, 1.165) is 44.9 Å². The molecule has 0 bridgehead atoms. The lowest BCUT2D eigenvalue weighted by Gasteiger charge is -2.25. The summed E-state index contributed by atoms with van der Waals surface area (Å²) in [6.45, 7) is 4.82. The third-order valence-electron chi connectivity index (χ3n) is 11.9. The number of phosphoric acid groups is 1. The van der Waals surface area contributed by atoms with E-state index in [1.54, 1.807) is 6.08 Å². The Labute approximate surface area is 385 Å². The standard InChI is InChI=1S/C53H103N2O6P/c1-6-8-10-12-14-16-18-20-22-24-25-26-27-28-29-31-33-35-37-39-41-43-45-47-53(57)54-51(50-61-62(58,59)60-49-48-55(3,4)5)52(56)46-44-42-40-38-36-34-32-30-23-21-19-17-15-13-11-9-7-2/h18,20,24-25,44,46,51-52,56H,6-17,19,21-23,26-43,45,47-50H2,1-5H3,(H-,54,57,58,59)/p+1/b20-18-,25-24-,46-44+. The Balaban J connectivity index is 4.27. The molecule has 0 aliphatic rings. The summed E-state index contributed by atoms with van der Waals surface area (Å²) < 4.78 is 23.7. The number of aliphatic hydroxyl groups excluding tert-OH is 1. The van der Waals surface area contributed by atoms with Crippen molar-refractivity contribution in [2.45, 2.75) is 257 Å². The molecule has 0 saturated carbocycles. The number of hydrogen-bond donors (Lipinski definition) is 3. The van der Waals surface area contributed by atoms with Crippen LogP contribution in [0.15, 0.2) is 36.5 Å². The second kappa shape index (κ2) is 44.9. The van der Waals surface area contributed by atoms with Gasteiger partial charge < -0.3 is 19.8 Å². The fourth-order valence-electron chi connectivity index (χ4n) is 7.66. The number of likely N-dealkylation sites (N-methyl/N-ethyl adjacent to an activating group) is 1. The summed E-state index contributed by atoms with van der Waals surface area (Å²) in [5, 5.41) is 13.9. The van der Waals surface area contributed by atoms with E-state index in [-0.39, 0.29) is 19.1 Å². The first kappa shape index (κ1) is 60.7. The Morgan fingerprint density at radius 2 is 0.919 bits per heavy atom. The molecule has 3 N–H and O–H groups in total. The second-order valence-corrected chi connectivity index (χ2v) is 20.7. The van der Waals surface area contributed by atoms with Gasteiger partial charge in [0.05, 0.1) is 39.9 Å². The number of allylic oxidation sites excluding steroid dienone is 5. The third kappa shape index (κ3) is 46.7. The highest BCUT2D eigenvalue weighted by Crippen LogP contribution is 2.43. The zero-order valence-electron chi connectivity index (χ0n) is 41.6. The molecule has 1 amide bonds. The van der Waals surface area contributed by atoms with Gasteiger partial charge in [0.25, 0.3) is 0 Å². The van der Waals surface area contributed by atoms with E-state index in [9.17, 15) is 19.4 Å². The van der Waals surface area contributed by atoms with Crippen molar-refractivity contribution in [1.82, 2.24) is 5.32 Å². The number of unbranched alkanes of at least 4 members (excludes halogenated alkanes) is 31. The van der Waals surface area contributed by atoms with Gasteiger partial charge in [-0.3, -0.25) is 13.8 Å². The first-order valence-electron chi connectivity index (χ1n) is 26.4. The maximum Gasteiger partial charge on any atom is 0.472 e. The Morgan fingerprint density at radius 3 is 1.32 bits per heavy atom. The maximum atomic E-state index is 12.9. The van der Waals surface area contributed by atoms with E-state index in [4.69, 9.17) is 9.05 Å². The lowest BCUT2D eigenvalue weighted by atomic mass is 10.0. The topological polar surface area (TPSA) is 105 Å². The number of phosphoric ester groups is 1. The van der Waals surface area contributed by atoms with Gasteiger partial charge in [-0.05, 0) is 51.4 Å². The van der Waals surface area contributed by atoms with Crippen molar-refractivity contribution in [1.29, 1.82) is 0 Å². The van der Waals surface area contributed by atoms with Crippen LogP contribution in [0.1, 0.15) is 245 Å². The molecule has 366 valence electrons. The molecule has 0 saturated heterocycles. The van der Waals surface area contributed by atoms with Gasteiger partial charge in [0.2, 0.25) is 5.91 Å². The van der Waals surface area contributed by atoms with E-state index in [1.807, 2.05) is 27.2 Å². The molecular weight excluding hydrogens is 792 g/mol. The summed E-state index contributed by atoms with van der Waals surface area (Å²) in [5.41, 5.74) is 0. The third-order valence-corrected chi connectivity index (χ3v) is 12.8. The number of nitrogens with zero attached hydrogens (tertiary/aromatic N) is 1. The fourth-order valence-corrected chi connectivity index (χ4v) is 8.40. The molecule has 0 fully saturated rings. The average molecular weight is 896 g/mol. The van der Waals surface area contributed by atoms with Crippen molar-refractivity contribution in [3.8, 4) is 0 Å². The number of amides is 1. The van der Waals surface area contributed by atoms with Crippen molar-refractivity contribution in [2.75, 3.05) is 40.9 Å². The zero-order chi connectivity index (χ0) is 45.7. The average Bonchev–Trinajstić information content (AvgIpc) is 3.23. The molecule has 0 heterocycles. The normalized spacial score (nSPS) is 14.4. The second-order valence-electron chi connectivity index (χ2n) is 19.3. The van der Waals surface area contributed by atoms with Gasteiger partial charge in [0.1, 0.15) is 13.2 Å². The first-order chi connectivity index (χ1) is 30.0. The lowest BCUT2D eigenvalue weighted by molar-refractivity contribution is -0.870. The van der Waals surface area contributed by atoms with Gasteiger partial charge in [-0.1, -0.05) is 224 Å². The van der Waals surface area contributed by atoms with Crippen molar-refractivity contribution in [2.24, 2.45) is 0 Å². The van der Waals surface area contributed by atoms with E-state index in [0.29, 0.717) is 17.4 Å². The van der Waals surface area contributed by atoms with Crippen LogP contribution in [0.5, 0.6) is 0 Å². The van der Waals surface area contributed by atoms with Crippen molar-refractivity contribution >= 4 is 13.7 Å². The molecule has 0 aromatic carbocycles. The minimum atomic E-state index is -4.34. The van der Waals surface area contributed by atoms with Crippen LogP contribution in [0.4, 0.5) is 0 Å². The number of aliphatic hydroxyl groups is 1. The number of hydrogen-bond acceptors (Lipinski definition) is 5. The maximum absolute atomic E-state index is 12.9. The van der Waals surface area contributed by atoms with Crippen molar-refractivity contribution in [3.63, 3.8) is 0 Å². The van der Waals surface area contributed by atoms with Crippen molar-refractivity contribution < 1.29 is 32.9 Å². The molecule has 0 radical (unpaired) electrons. The minimum Gasteiger partial charge on any atom is -0.387 e. The van der Waals surface area contributed by atoms with Crippen LogP contribution in [0.25, 0.3) is 0 Å². The highest BCUT2D eigenvalue weighted by atomic mass is 31.2. The predicted molar refractivity (Wildman–Crippen MR) is 268 cm³/mol. The van der Waals surface area contributed by atoms with Gasteiger partial charge in [0.15, 0.2) is 0 Å².